The van der Waals surface area contributed by atoms with Crippen LogP contribution < -0.4 is 4.74 Å². The third-order valence-corrected chi connectivity index (χ3v) is 4.65. The highest BCUT2D eigenvalue weighted by Crippen LogP contribution is 2.33. The second kappa shape index (κ2) is 8.99. The summed E-state index contributed by atoms with van der Waals surface area (Å²) in [4.78, 5) is 22.8. The smallest absolute Gasteiger partial charge is 0.360 e. The Morgan fingerprint density at radius 2 is 1.84 bits per heavy atom. The molecule has 2 aromatic carbocycles. The van der Waals surface area contributed by atoms with Gasteiger partial charge >= 0.3 is 11.7 Å². The zero-order valence-corrected chi connectivity index (χ0v) is 17.9. The Morgan fingerprint density at radius 3 is 2.45 bits per heavy atom. The number of benzene rings is 2. The van der Waals surface area contributed by atoms with Crippen LogP contribution in [0.25, 0.3) is 11.3 Å². The van der Waals surface area contributed by atoms with Crippen LogP contribution in [0.4, 0.5) is 5.69 Å². The van der Waals surface area contributed by atoms with Gasteiger partial charge in [-0.15, -0.1) is 0 Å². The summed E-state index contributed by atoms with van der Waals surface area (Å²) in [5.41, 5.74) is 2.33. The molecule has 3 rings (SSSR count). The molecule has 8 heteroatoms. The first-order valence-electron chi connectivity index (χ1n) is 9.84. The summed E-state index contributed by atoms with van der Waals surface area (Å²) in [5.74, 6) is -0.265. The average molecular weight is 424 g/mol. The van der Waals surface area contributed by atoms with Crippen molar-refractivity contribution in [3.63, 3.8) is 0 Å². The SMILES string of the molecule is CCOC(=O)c1cc(-c2ccc(OCc3ccc(C(C)(C)C)cc3)c([N+](=O)[O-])c2)on1. The zero-order chi connectivity index (χ0) is 22.6. The molecular formula is C23H24N2O6. The number of nitrogens with zero attached hydrogens (tertiary/aromatic N) is 2. The van der Waals surface area contributed by atoms with Crippen LogP contribution in [0.2, 0.25) is 0 Å². The number of esters is 1. The van der Waals surface area contributed by atoms with Crippen molar-refractivity contribution >= 4 is 11.7 Å². The monoisotopic (exact) mass is 424 g/mol. The summed E-state index contributed by atoms with van der Waals surface area (Å²) in [6.45, 7) is 8.48. The fraction of sp³-hybridized carbons (Fsp3) is 0.304. The molecule has 0 unspecified atom stereocenters. The number of hydrogen-bond acceptors (Lipinski definition) is 7. The van der Waals surface area contributed by atoms with Gasteiger partial charge in [0.25, 0.3) is 0 Å². The number of nitro groups is 1. The molecular weight excluding hydrogens is 400 g/mol. The Morgan fingerprint density at radius 1 is 1.13 bits per heavy atom. The summed E-state index contributed by atoms with van der Waals surface area (Å²) in [6.07, 6.45) is 0. The molecule has 162 valence electrons. The molecule has 1 aromatic heterocycles. The van der Waals surface area contributed by atoms with Crippen molar-refractivity contribution in [3.8, 4) is 17.1 Å². The Balaban J connectivity index is 1.78. The Hall–Kier alpha value is -3.68. The number of carbonyl (C=O) groups excluding carboxylic acids is 1. The average Bonchev–Trinajstić information content (AvgIpc) is 3.22. The minimum atomic E-state index is -0.621. The Kier molecular flexibility index (Phi) is 6.39. The van der Waals surface area contributed by atoms with Gasteiger partial charge in [-0.05, 0) is 35.6 Å². The van der Waals surface area contributed by atoms with Gasteiger partial charge in [0.05, 0.1) is 11.5 Å². The highest BCUT2D eigenvalue weighted by Gasteiger charge is 2.20. The summed E-state index contributed by atoms with van der Waals surface area (Å²) in [7, 11) is 0. The van der Waals surface area contributed by atoms with Crippen molar-refractivity contribution in [1.82, 2.24) is 5.16 Å². The molecule has 0 aliphatic rings. The second-order valence-corrected chi connectivity index (χ2v) is 7.97. The molecule has 1 heterocycles. The molecule has 0 spiro atoms. The van der Waals surface area contributed by atoms with Gasteiger partial charge < -0.3 is 14.0 Å². The standard InChI is InChI=1S/C23H24N2O6/c1-5-29-22(26)18-13-21(31-24-18)16-8-11-20(19(12-16)25(27)28)30-14-15-6-9-17(10-7-15)23(2,3)4/h6-13H,5,14H2,1-4H3. The fourth-order valence-electron chi connectivity index (χ4n) is 2.91. The van der Waals surface area contributed by atoms with E-state index < -0.39 is 10.9 Å². The molecule has 0 saturated carbocycles. The van der Waals surface area contributed by atoms with E-state index in [4.69, 9.17) is 14.0 Å². The van der Waals surface area contributed by atoms with Crippen LogP contribution in [0.15, 0.2) is 53.1 Å². The molecule has 31 heavy (non-hydrogen) atoms. The van der Waals surface area contributed by atoms with Gasteiger partial charge in [0.1, 0.15) is 6.61 Å². The lowest BCUT2D eigenvalue weighted by atomic mass is 9.87. The largest absolute Gasteiger partial charge is 0.482 e. The number of rotatable bonds is 7. The van der Waals surface area contributed by atoms with E-state index in [1.54, 1.807) is 13.0 Å². The predicted molar refractivity (Wildman–Crippen MR) is 114 cm³/mol. The van der Waals surface area contributed by atoms with Gasteiger partial charge in [-0.25, -0.2) is 4.79 Å². The van der Waals surface area contributed by atoms with Crippen LogP contribution in [0.3, 0.4) is 0 Å². The highest BCUT2D eigenvalue weighted by atomic mass is 16.6. The van der Waals surface area contributed by atoms with Crippen molar-refractivity contribution in [2.24, 2.45) is 0 Å². The first-order valence-corrected chi connectivity index (χ1v) is 9.84. The quantitative estimate of drug-likeness (QED) is 0.288. The number of ether oxygens (including phenoxy) is 2. The molecule has 8 nitrogen and oxygen atoms in total. The third kappa shape index (κ3) is 5.28. The van der Waals surface area contributed by atoms with Crippen LogP contribution in [-0.2, 0) is 16.8 Å². The maximum Gasteiger partial charge on any atom is 0.360 e. The molecule has 3 aromatic rings. The Labute approximate surface area is 179 Å². The number of hydrogen-bond donors (Lipinski definition) is 0. The lowest BCUT2D eigenvalue weighted by Gasteiger charge is -2.19. The van der Waals surface area contributed by atoms with Crippen molar-refractivity contribution in [2.45, 2.75) is 39.7 Å². The van der Waals surface area contributed by atoms with E-state index in [9.17, 15) is 14.9 Å². The van der Waals surface area contributed by atoms with E-state index in [2.05, 4.69) is 25.9 Å². The zero-order valence-electron chi connectivity index (χ0n) is 17.9. The molecule has 0 radical (unpaired) electrons. The first kappa shape index (κ1) is 22.0. The highest BCUT2D eigenvalue weighted by molar-refractivity contribution is 5.88. The van der Waals surface area contributed by atoms with Crippen molar-refractivity contribution in [3.05, 3.63) is 75.5 Å². The molecule has 0 aliphatic heterocycles. The van der Waals surface area contributed by atoms with Crippen LogP contribution >= 0.6 is 0 Å². The van der Waals surface area contributed by atoms with E-state index in [1.165, 1.54) is 23.8 Å². The molecule has 0 saturated heterocycles. The minimum absolute atomic E-state index is 0.00136. The normalized spacial score (nSPS) is 11.2. The summed E-state index contributed by atoms with van der Waals surface area (Å²) in [6, 6.07) is 13.8. The maximum atomic E-state index is 11.7. The van der Waals surface area contributed by atoms with Crippen LogP contribution in [-0.4, -0.2) is 22.7 Å². The summed E-state index contributed by atoms with van der Waals surface area (Å²) < 4.78 is 15.7. The van der Waals surface area contributed by atoms with Gasteiger partial charge in [-0.3, -0.25) is 10.1 Å². The van der Waals surface area contributed by atoms with E-state index in [-0.39, 0.29) is 41.5 Å². The molecule has 0 atom stereocenters. The molecule has 0 bridgehead atoms. The van der Waals surface area contributed by atoms with Crippen LogP contribution in [0.1, 0.15) is 49.3 Å². The van der Waals surface area contributed by atoms with E-state index in [0.717, 1.165) is 5.56 Å². The summed E-state index contributed by atoms with van der Waals surface area (Å²) in [5, 5.41) is 15.2. The van der Waals surface area contributed by atoms with Gasteiger partial charge in [0.15, 0.2) is 17.2 Å². The van der Waals surface area contributed by atoms with Gasteiger partial charge in [0.2, 0.25) is 0 Å². The van der Waals surface area contributed by atoms with Crippen LogP contribution in [0, 0.1) is 10.1 Å². The Bertz CT molecular complexity index is 1080. The third-order valence-electron chi connectivity index (χ3n) is 4.65. The predicted octanol–water partition coefficient (Wildman–Crippen LogP) is 5.30. The fourth-order valence-corrected chi connectivity index (χ4v) is 2.91. The second-order valence-electron chi connectivity index (χ2n) is 7.97. The molecule has 0 fully saturated rings. The van der Waals surface area contributed by atoms with E-state index in [0.29, 0.717) is 5.56 Å². The lowest BCUT2D eigenvalue weighted by molar-refractivity contribution is -0.385. The van der Waals surface area contributed by atoms with Gasteiger partial charge in [-0.1, -0.05) is 50.2 Å². The van der Waals surface area contributed by atoms with Crippen molar-refractivity contribution < 1.29 is 23.7 Å². The molecule has 0 aliphatic carbocycles. The summed E-state index contributed by atoms with van der Waals surface area (Å²) >= 11 is 0. The van der Waals surface area contributed by atoms with E-state index >= 15 is 0 Å². The maximum absolute atomic E-state index is 11.7. The van der Waals surface area contributed by atoms with E-state index in [1.807, 2.05) is 24.3 Å². The van der Waals surface area contributed by atoms with Crippen molar-refractivity contribution in [1.29, 1.82) is 0 Å². The number of carbonyl (C=O) groups is 1. The lowest BCUT2D eigenvalue weighted by Crippen LogP contribution is -2.10. The topological polar surface area (TPSA) is 105 Å². The number of aromatic nitrogens is 1. The first-order chi connectivity index (χ1) is 14.7. The van der Waals surface area contributed by atoms with Crippen LogP contribution in [0.5, 0.6) is 5.75 Å². The van der Waals surface area contributed by atoms with Gasteiger partial charge in [-0.2, -0.15) is 0 Å². The molecule has 0 N–H and O–H groups in total. The number of nitro benzene ring substituents is 1. The molecule has 0 amide bonds. The van der Waals surface area contributed by atoms with Gasteiger partial charge in [0, 0.05) is 17.7 Å². The minimum Gasteiger partial charge on any atom is -0.482 e. The van der Waals surface area contributed by atoms with Crippen molar-refractivity contribution in [2.75, 3.05) is 6.61 Å².